The molecule has 150 valence electrons. The van der Waals surface area contributed by atoms with E-state index in [1.165, 1.54) is 4.68 Å². The van der Waals surface area contributed by atoms with Crippen molar-refractivity contribution in [2.24, 2.45) is 0 Å². The molecule has 0 saturated carbocycles. The fraction of sp³-hybridized carbons (Fsp3) is 0.238. The summed E-state index contributed by atoms with van der Waals surface area (Å²) in [7, 11) is 1.60. The molecule has 0 spiro atoms. The lowest BCUT2D eigenvalue weighted by molar-refractivity contribution is -0.386. The maximum absolute atomic E-state index is 12.8. The summed E-state index contributed by atoms with van der Waals surface area (Å²) in [5, 5.41) is 18.3. The molecule has 8 heteroatoms. The number of benzene rings is 2. The van der Waals surface area contributed by atoms with Crippen molar-refractivity contribution in [2.75, 3.05) is 7.11 Å². The van der Waals surface area contributed by atoms with E-state index in [1.807, 2.05) is 54.6 Å². The average molecular weight is 394 g/mol. The summed E-state index contributed by atoms with van der Waals surface area (Å²) in [5.41, 5.74) is 2.39. The van der Waals surface area contributed by atoms with E-state index in [4.69, 9.17) is 4.74 Å². The van der Waals surface area contributed by atoms with Crippen LogP contribution in [0.25, 0.3) is 0 Å². The van der Waals surface area contributed by atoms with Gasteiger partial charge in [-0.2, -0.15) is 5.10 Å². The molecule has 1 heterocycles. The highest BCUT2D eigenvalue weighted by Crippen LogP contribution is 2.25. The van der Waals surface area contributed by atoms with Gasteiger partial charge < -0.3 is 10.1 Å². The van der Waals surface area contributed by atoms with Gasteiger partial charge in [0.05, 0.1) is 18.1 Å². The molecule has 2 aromatic carbocycles. The zero-order valence-electron chi connectivity index (χ0n) is 16.5. The maximum Gasteiger partial charge on any atom is 0.312 e. The highest BCUT2D eigenvalue weighted by atomic mass is 16.6. The second-order valence-corrected chi connectivity index (χ2v) is 6.62. The van der Waals surface area contributed by atoms with Crippen LogP contribution in [0.1, 0.15) is 28.6 Å². The predicted octanol–water partition coefficient (Wildman–Crippen LogP) is 3.32. The summed E-state index contributed by atoms with van der Waals surface area (Å²) < 4.78 is 6.57. The maximum atomic E-state index is 12.8. The highest BCUT2D eigenvalue weighted by molar-refractivity contribution is 5.77. The molecule has 0 aliphatic rings. The zero-order valence-corrected chi connectivity index (χ0v) is 16.5. The lowest BCUT2D eigenvalue weighted by atomic mass is 9.98. The molecular formula is C21H22N4O4. The van der Waals surface area contributed by atoms with E-state index in [1.54, 1.807) is 21.0 Å². The number of nitrogens with zero attached hydrogens (tertiary/aromatic N) is 3. The third-order valence-corrected chi connectivity index (χ3v) is 4.71. The van der Waals surface area contributed by atoms with Gasteiger partial charge in [0.1, 0.15) is 23.7 Å². The van der Waals surface area contributed by atoms with Crippen molar-refractivity contribution in [3.05, 3.63) is 87.2 Å². The van der Waals surface area contributed by atoms with Gasteiger partial charge in [-0.1, -0.05) is 42.5 Å². The van der Waals surface area contributed by atoms with Crippen molar-refractivity contribution >= 4 is 11.6 Å². The predicted molar refractivity (Wildman–Crippen MR) is 108 cm³/mol. The van der Waals surface area contributed by atoms with Crippen LogP contribution < -0.4 is 10.1 Å². The van der Waals surface area contributed by atoms with Crippen molar-refractivity contribution < 1.29 is 14.5 Å². The number of hydrogen-bond acceptors (Lipinski definition) is 5. The second-order valence-electron chi connectivity index (χ2n) is 6.62. The lowest BCUT2D eigenvalue weighted by Crippen LogP contribution is -2.32. The van der Waals surface area contributed by atoms with Gasteiger partial charge in [0.25, 0.3) is 0 Å². The fourth-order valence-electron chi connectivity index (χ4n) is 3.25. The molecule has 1 aromatic heterocycles. The first kappa shape index (κ1) is 20.1. The van der Waals surface area contributed by atoms with Gasteiger partial charge in [-0.15, -0.1) is 0 Å². The summed E-state index contributed by atoms with van der Waals surface area (Å²) in [6.45, 7) is 3.03. The van der Waals surface area contributed by atoms with Gasteiger partial charge in [0.2, 0.25) is 5.91 Å². The third kappa shape index (κ3) is 4.43. The van der Waals surface area contributed by atoms with E-state index in [0.29, 0.717) is 5.69 Å². The molecule has 3 rings (SSSR count). The minimum atomic E-state index is -0.476. The van der Waals surface area contributed by atoms with Crippen molar-refractivity contribution in [3.8, 4) is 5.75 Å². The van der Waals surface area contributed by atoms with Gasteiger partial charge in [0, 0.05) is 0 Å². The van der Waals surface area contributed by atoms with Gasteiger partial charge in [-0.05, 0) is 37.1 Å². The molecule has 0 radical (unpaired) electrons. The van der Waals surface area contributed by atoms with Gasteiger partial charge in [-0.3, -0.25) is 19.6 Å². The first-order chi connectivity index (χ1) is 13.9. The molecular weight excluding hydrogens is 372 g/mol. The van der Waals surface area contributed by atoms with E-state index >= 15 is 0 Å². The van der Waals surface area contributed by atoms with Crippen LogP contribution >= 0.6 is 0 Å². The van der Waals surface area contributed by atoms with Crippen LogP contribution in [-0.2, 0) is 11.3 Å². The molecule has 0 saturated heterocycles. The molecule has 0 fully saturated rings. The Morgan fingerprint density at radius 3 is 2.31 bits per heavy atom. The van der Waals surface area contributed by atoms with E-state index in [2.05, 4.69) is 10.4 Å². The lowest BCUT2D eigenvalue weighted by Gasteiger charge is -2.20. The number of nitrogens with one attached hydrogen (secondary N) is 1. The molecule has 0 bridgehead atoms. The highest BCUT2D eigenvalue weighted by Gasteiger charge is 2.24. The van der Waals surface area contributed by atoms with E-state index in [9.17, 15) is 14.9 Å². The fourth-order valence-corrected chi connectivity index (χ4v) is 3.25. The Balaban J connectivity index is 1.85. The quantitative estimate of drug-likeness (QED) is 0.489. The number of carbonyl (C=O) groups is 1. The second kappa shape index (κ2) is 8.55. The number of hydrogen-bond donors (Lipinski definition) is 1. The molecule has 8 nitrogen and oxygen atoms in total. The Bertz CT molecular complexity index is 1010. The monoisotopic (exact) mass is 394 g/mol. The summed E-state index contributed by atoms with van der Waals surface area (Å²) in [5.74, 6) is 0.428. The Labute approximate surface area is 168 Å². The third-order valence-electron chi connectivity index (χ3n) is 4.71. The van der Waals surface area contributed by atoms with Crippen LogP contribution in [0, 0.1) is 24.0 Å². The Hall–Kier alpha value is -3.68. The van der Waals surface area contributed by atoms with E-state index in [-0.39, 0.29) is 29.9 Å². The van der Waals surface area contributed by atoms with Gasteiger partial charge in [-0.25, -0.2) is 0 Å². The number of aromatic nitrogens is 2. The molecule has 0 aliphatic carbocycles. The van der Waals surface area contributed by atoms with Crippen LogP contribution in [0.4, 0.5) is 5.69 Å². The first-order valence-corrected chi connectivity index (χ1v) is 9.07. The van der Waals surface area contributed by atoms with Crippen LogP contribution in [0.2, 0.25) is 0 Å². The molecule has 0 unspecified atom stereocenters. The minimum absolute atomic E-state index is 0.0624. The average Bonchev–Trinajstić information content (AvgIpc) is 3.00. The van der Waals surface area contributed by atoms with Crippen LogP contribution in [0.5, 0.6) is 5.75 Å². The molecule has 3 aromatic rings. The molecule has 0 aliphatic heterocycles. The molecule has 29 heavy (non-hydrogen) atoms. The standard InChI is InChI=1S/C21H22N4O4/c1-14-21(25(27)28)15(2)24(23-14)13-19(26)22-20(16-7-5-4-6-8-16)17-9-11-18(29-3)12-10-17/h4-12,20H,13H2,1-3H3,(H,22,26)/t20-/m1/s1. The van der Waals surface area contributed by atoms with Crippen molar-refractivity contribution in [2.45, 2.75) is 26.4 Å². The number of aryl methyl sites for hydroxylation is 1. The summed E-state index contributed by atoms with van der Waals surface area (Å²) in [6.07, 6.45) is 0. The van der Waals surface area contributed by atoms with Crippen LogP contribution in [0.3, 0.4) is 0 Å². The summed E-state index contributed by atoms with van der Waals surface area (Å²) in [6, 6.07) is 16.7. The number of rotatable bonds is 7. The summed E-state index contributed by atoms with van der Waals surface area (Å²) in [4.78, 5) is 23.5. The SMILES string of the molecule is COc1ccc([C@H](NC(=O)Cn2nc(C)c([N+](=O)[O-])c2C)c2ccccc2)cc1. The topological polar surface area (TPSA) is 99.3 Å². The molecule has 1 amide bonds. The van der Waals surface area contributed by atoms with Gasteiger partial charge >= 0.3 is 5.69 Å². The molecule has 1 N–H and O–H groups in total. The van der Waals surface area contributed by atoms with Crippen molar-refractivity contribution in [1.29, 1.82) is 0 Å². The van der Waals surface area contributed by atoms with Gasteiger partial charge in [0.15, 0.2) is 0 Å². The van der Waals surface area contributed by atoms with Crippen molar-refractivity contribution in [1.82, 2.24) is 15.1 Å². The number of methoxy groups -OCH3 is 1. The smallest absolute Gasteiger partial charge is 0.312 e. The minimum Gasteiger partial charge on any atom is -0.497 e. The van der Waals surface area contributed by atoms with E-state index in [0.717, 1.165) is 16.9 Å². The number of ether oxygens (including phenoxy) is 1. The Kier molecular flexibility index (Phi) is 5.92. The zero-order chi connectivity index (χ0) is 21.0. The van der Waals surface area contributed by atoms with Crippen LogP contribution in [-0.4, -0.2) is 27.7 Å². The number of carbonyl (C=O) groups excluding carboxylic acids is 1. The molecule has 1 atom stereocenters. The first-order valence-electron chi connectivity index (χ1n) is 9.07. The Morgan fingerprint density at radius 1 is 1.14 bits per heavy atom. The normalized spacial score (nSPS) is 11.7. The largest absolute Gasteiger partial charge is 0.497 e. The van der Waals surface area contributed by atoms with Crippen LogP contribution in [0.15, 0.2) is 54.6 Å². The van der Waals surface area contributed by atoms with Crippen molar-refractivity contribution in [3.63, 3.8) is 0 Å². The Morgan fingerprint density at radius 2 is 1.76 bits per heavy atom. The number of nitro groups is 1. The van der Waals surface area contributed by atoms with E-state index < -0.39 is 4.92 Å². The number of amides is 1. The summed E-state index contributed by atoms with van der Waals surface area (Å²) >= 11 is 0.